The Kier molecular flexibility index (Phi) is 4.47. The van der Waals surface area contributed by atoms with Crippen LogP contribution in [0.1, 0.15) is 48.7 Å². The third kappa shape index (κ3) is 3.49. The summed E-state index contributed by atoms with van der Waals surface area (Å²) in [7, 11) is 0. The topological polar surface area (TPSA) is 28.2 Å². The molecule has 2 heterocycles. The normalized spacial score (nSPS) is 24.8. The van der Waals surface area contributed by atoms with Crippen molar-refractivity contribution in [2.45, 2.75) is 50.2 Å². The van der Waals surface area contributed by atoms with Crippen molar-refractivity contribution in [3.05, 3.63) is 52.5 Å². The van der Waals surface area contributed by atoms with Gasteiger partial charge in [0.15, 0.2) is 0 Å². The summed E-state index contributed by atoms with van der Waals surface area (Å²) in [6.07, 6.45) is 8.66. The number of nitrogens with one attached hydrogen (secondary N) is 1. The van der Waals surface area contributed by atoms with Crippen LogP contribution in [0.5, 0.6) is 0 Å². The van der Waals surface area contributed by atoms with Gasteiger partial charge in [-0.3, -0.25) is 10.2 Å². The maximum atomic E-state index is 4.59. The van der Waals surface area contributed by atoms with Gasteiger partial charge >= 0.3 is 0 Å². The molecule has 2 fully saturated rings. The van der Waals surface area contributed by atoms with Crippen molar-refractivity contribution in [2.24, 2.45) is 0 Å². The highest BCUT2D eigenvalue weighted by Crippen LogP contribution is 2.36. The third-order valence-corrected chi connectivity index (χ3v) is 6.15. The van der Waals surface area contributed by atoms with E-state index in [4.69, 9.17) is 0 Å². The average Bonchev–Trinajstić information content (AvgIpc) is 3.11. The predicted octanol–water partition coefficient (Wildman–Crippen LogP) is 3.99. The average molecular weight is 327 g/mol. The van der Waals surface area contributed by atoms with E-state index in [0.717, 1.165) is 13.1 Å². The second kappa shape index (κ2) is 6.71. The number of piperazine rings is 1. The molecule has 1 aromatic heterocycles. The zero-order valence-corrected chi connectivity index (χ0v) is 14.4. The van der Waals surface area contributed by atoms with E-state index >= 15 is 0 Å². The molecule has 1 atom stereocenters. The van der Waals surface area contributed by atoms with Gasteiger partial charge in [-0.1, -0.05) is 49.6 Å². The van der Waals surface area contributed by atoms with Crippen LogP contribution in [0.4, 0.5) is 0 Å². The van der Waals surface area contributed by atoms with Crippen LogP contribution in [-0.4, -0.2) is 28.5 Å². The van der Waals surface area contributed by atoms with Crippen LogP contribution in [0.25, 0.3) is 0 Å². The molecule has 0 amide bonds. The molecule has 4 rings (SSSR count). The summed E-state index contributed by atoms with van der Waals surface area (Å²) in [5.74, 6) is 0. The molecule has 1 aliphatic heterocycles. The fourth-order valence-electron chi connectivity index (χ4n) is 4.25. The van der Waals surface area contributed by atoms with Gasteiger partial charge in [-0.15, -0.1) is 11.3 Å². The molecule has 4 heteroatoms. The van der Waals surface area contributed by atoms with Crippen LogP contribution in [-0.2, 0) is 6.54 Å². The lowest BCUT2D eigenvalue weighted by atomic mass is 9.79. The Bertz CT molecular complexity index is 605. The summed E-state index contributed by atoms with van der Waals surface area (Å²) in [4.78, 5) is 7.23. The molecule has 1 N–H and O–H groups in total. The van der Waals surface area contributed by atoms with Gasteiger partial charge in [0.05, 0.1) is 6.04 Å². The van der Waals surface area contributed by atoms with Crippen LogP contribution in [0.2, 0.25) is 0 Å². The fraction of sp³-hybridized carbons (Fsp3) is 0.526. The smallest absolute Gasteiger partial charge is 0.111 e. The van der Waals surface area contributed by atoms with Crippen molar-refractivity contribution in [2.75, 3.05) is 13.1 Å². The first-order valence-electron chi connectivity index (χ1n) is 8.76. The number of benzene rings is 1. The Morgan fingerprint density at radius 3 is 2.74 bits per heavy atom. The number of rotatable bonds is 3. The molecule has 2 aliphatic rings. The lowest BCUT2D eigenvalue weighted by molar-refractivity contribution is 0.0639. The second-order valence-electron chi connectivity index (χ2n) is 7.06. The lowest BCUT2D eigenvalue weighted by Gasteiger charge is -2.49. The van der Waals surface area contributed by atoms with Crippen LogP contribution in [0.3, 0.4) is 0 Å². The van der Waals surface area contributed by atoms with Crippen molar-refractivity contribution in [3.63, 3.8) is 0 Å². The molecule has 23 heavy (non-hydrogen) atoms. The first kappa shape index (κ1) is 15.3. The minimum atomic E-state index is 0.293. The molecule has 1 aromatic carbocycles. The number of thiazole rings is 1. The van der Waals surface area contributed by atoms with Crippen molar-refractivity contribution in [1.82, 2.24) is 15.2 Å². The highest BCUT2D eigenvalue weighted by Gasteiger charge is 2.40. The van der Waals surface area contributed by atoms with Crippen LogP contribution in [0, 0.1) is 0 Å². The van der Waals surface area contributed by atoms with Crippen molar-refractivity contribution in [3.8, 4) is 0 Å². The standard InChI is InChI=1S/C19H25N3S/c1-3-7-16(8-4-1)13-22-14-17(18-20-11-12-23-18)21-19(15-22)9-5-2-6-10-19/h1,3-4,7-8,11-12,17,21H,2,5-6,9-10,13-15H2. The van der Waals surface area contributed by atoms with Gasteiger partial charge in [0.1, 0.15) is 5.01 Å². The number of hydrogen-bond donors (Lipinski definition) is 1. The number of hydrogen-bond acceptors (Lipinski definition) is 4. The molecule has 1 aliphatic carbocycles. The van der Waals surface area contributed by atoms with E-state index in [1.807, 2.05) is 6.20 Å². The lowest BCUT2D eigenvalue weighted by Crippen LogP contribution is -2.61. The van der Waals surface area contributed by atoms with Gasteiger partial charge in [-0.25, -0.2) is 4.98 Å². The molecule has 1 saturated carbocycles. The quantitative estimate of drug-likeness (QED) is 0.924. The Balaban J connectivity index is 1.55. The molecule has 122 valence electrons. The molecule has 0 bridgehead atoms. The van der Waals surface area contributed by atoms with E-state index in [9.17, 15) is 0 Å². The Morgan fingerprint density at radius 1 is 1.17 bits per heavy atom. The molecule has 1 unspecified atom stereocenters. The minimum absolute atomic E-state index is 0.293. The largest absolute Gasteiger partial charge is 0.300 e. The highest BCUT2D eigenvalue weighted by atomic mass is 32.1. The van der Waals surface area contributed by atoms with E-state index in [-0.39, 0.29) is 0 Å². The number of nitrogens with zero attached hydrogens (tertiary/aromatic N) is 2. The summed E-state index contributed by atoms with van der Waals surface area (Å²) in [6.45, 7) is 3.28. The van der Waals surface area contributed by atoms with E-state index in [1.54, 1.807) is 11.3 Å². The SMILES string of the molecule is c1ccc(CN2CC(c3nccs3)NC3(CCCCC3)C2)cc1. The van der Waals surface area contributed by atoms with E-state index in [1.165, 1.54) is 49.2 Å². The molecular weight excluding hydrogens is 302 g/mol. The van der Waals surface area contributed by atoms with Gasteiger partial charge in [-0.05, 0) is 18.4 Å². The molecule has 2 aromatic rings. The Labute approximate surface area is 142 Å². The van der Waals surface area contributed by atoms with E-state index in [0.29, 0.717) is 11.6 Å². The van der Waals surface area contributed by atoms with Gasteiger partial charge < -0.3 is 0 Å². The van der Waals surface area contributed by atoms with E-state index < -0.39 is 0 Å². The highest BCUT2D eigenvalue weighted by molar-refractivity contribution is 7.09. The third-order valence-electron chi connectivity index (χ3n) is 5.26. The zero-order chi connectivity index (χ0) is 15.5. The van der Waals surface area contributed by atoms with Gasteiger partial charge in [-0.2, -0.15) is 0 Å². The minimum Gasteiger partial charge on any atom is -0.300 e. The zero-order valence-electron chi connectivity index (χ0n) is 13.6. The first-order valence-corrected chi connectivity index (χ1v) is 9.64. The van der Waals surface area contributed by atoms with Crippen LogP contribution >= 0.6 is 11.3 Å². The summed E-state index contributed by atoms with van der Waals surface area (Å²) in [6, 6.07) is 11.3. The monoisotopic (exact) mass is 327 g/mol. The predicted molar refractivity (Wildman–Crippen MR) is 95.5 cm³/mol. The van der Waals surface area contributed by atoms with Crippen LogP contribution < -0.4 is 5.32 Å². The van der Waals surface area contributed by atoms with Gasteiger partial charge in [0.2, 0.25) is 0 Å². The van der Waals surface area contributed by atoms with Gasteiger partial charge in [0, 0.05) is 36.8 Å². The molecule has 3 nitrogen and oxygen atoms in total. The molecule has 0 radical (unpaired) electrons. The van der Waals surface area contributed by atoms with Crippen LogP contribution in [0.15, 0.2) is 41.9 Å². The summed E-state index contributed by atoms with van der Waals surface area (Å²) >= 11 is 1.78. The Morgan fingerprint density at radius 2 is 2.00 bits per heavy atom. The van der Waals surface area contributed by atoms with Crippen molar-refractivity contribution < 1.29 is 0 Å². The molecular formula is C19H25N3S. The van der Waals surface area contributed by atoms with Crippen molar-refractivity contribution >= 4 is 11.3 Å². The number of aromatic nitrogens is 1. The molecule has 1 spiro atoms. The fourth-order valence-corrected chi connectivity index (χ4v) is 4.93. The van der Waals surface area contributed by atoms with Crippen molar-refractivity contribution in [1.29, 1.82) is 0 Å². The summed E-state index contributed by atoms with van der Waals surface area (Å²) < 4.78 is 0. The Hall–Kier alpha value is -1.23. The maximum absolute atomic E-state index is 4.59. The summed E-state index contributed by atoms with van der Waals surface area (Å²) in [5.41, 5.74) is 1.71. The van der Waals surface area contributed by atoms with Gasteiger partial charge in [0.25, 0.3) is 0 Å². The second-order valence-corrected chi connectivity index (χ2v) is 7.99. The first-order chi connectivity index (χ1) is 11.3. The van der Waals surface area contributed by atoms with E-state index in [2.05, 4.69) is 50.9 Å². The summed E-state index contributed by atoms with van der Waals surface area (Å²) in [5, 5.41) is 7.33. The molecule has 1 saturated heterocycles. The maximum Gasteiger partial charge on any atom is 0.111 e.